The minimum absolute atomic E-state index is 0.0521. The van der Waals surface area contributed by atoms with E-state index in [1.807, 2.05) is 19.1 Å². The van der Waals surface area contributed by atoms with Crippen molar-refractivity contribution in [3.05, 3.63) is 29.8 Å². The van der Waals surface area contributed by atoms with Crippen LogP contribution in [0.15, 0.2) is 24.3 Å². The van der Waals surface area contributed by atoms with E-state index >= 15 is 0 Å². The fourth-order valence-electron chi connectivity index (χ4n) is 2.42. The maximum atomic E-state index is 12.4. The van der Waals surface area contributed by atoms with Crippen LogP contribution in [0.2, 0.25) is 0 Å². The van der Waals surface area contributed by atoms with Crippen molar-refractivity contribution in [3.8, 4) is 0 Å². The van der Waals surface area contributed by atoms with Crippen LogP contribution in [0.3, 0.4) is 0 Å². The molecule has 1 aromatic carbocycles. The van der Waals surface area contributed by atoms with E-state index in [1.54, 1.807) is 16.4 Å². The van der Waals surface area contributed by atoms with E-state index in [2.05, 4.69) is 4.72 Å². The smallest absolute Gasteiger partial charge is 0.301 e. The van der Waals surface area contributed by atoms with Crippen molar-refractivity contribution in [1.82, 2.24) is 4.31 Å². The first-order valence-corrected chi connectivity index (χ1v) is 8.06. The molecule has 0 radical (unpaired) electrons. The van der Waals surface area contributed by atoms with Gasteiger partial charge in [0.2, 0.25) is 0 Å². The van der Waals surface area contributed by atoms with Crippen LogP contribution in [0.1, 0.15) is 31.7 Å². The van der Waals surface area contributed by atoms with Gasteiger partial charge in [-0.15, -0.1) is 0 Å². The fraction of sp³-hybridized carbons (Fsp3) is 0.538. The monoisotopic (exact) mass is 283 g/mol. The first kappa shape index (κ1) is 14.3. The average Bonchev–Trinajstić information content (AvgIpc) is 2.39. The van der Waals surface area contributed by atoms with Crippen LogP contribution in [-0.2, 0) is 16.8 Å². The molecule has 106 valence electrons. The number of anilines is 1. The molecule has 1 saturated heterocycles. The van der Waals surface area contributed by atoms with E-state index < -0.39 is 10.2 Å². The highest BCUT2D eigenvalue weighted by atomic mass is 32.2. The third-order valence-corrected chi connectivity index (χ3v) is 5.16. The Labute approximate surface area is 115 Å². The quantitative estimate of drug-likeness (QED) is 0.882. The summed E-state index contributed by atoms with van der Waals surface area (Å²) in [7, 11) is -3.49. The largest absolute Gasteiger partial charge is 0.326 e. The molecule has 1 fully saturated rings. The van der Waals surface area contributed by atoms with Gasteiger partial charge in [0, 0.05) is 19.1 Å². The van der Waals surface area contributed by atoms with Crippen molar-refractivity contribution in [3.63, 3.8) is 0 Å². The minimum atomic E-state index is -3.49. The number of nitrogens with two attached hydrogens (primary N) is 1. The lowest BCUT2D eigenvalue weighted by atomic mass is 10.1. The maximum Gasteiger partial charge on any atom is 0.301 e. The van der Waals surface area contributed by atoms with Gasteiger partial charge in [0.1, 0.15) is 0 Å². The van der Waals surface area contributed by atoms with Gasteiger partial charge >= 0.3 is 10.2 Å². The number of benzene rings is 1. The Morgan fingerprint density at radius 3 is 2.79 bits per heavy atom. The van der Waals surface area contributed by atoms with Crippen molar-refractivity contribution in [1.29, 1.82) is 0 Å². The average molecular weight is 283 g/mol. The van der Waals surface area contributed by atoms with Crippen molar-refractivity contribution in [2.24, 2.45) is 5.73 Å². The normalized spacial score (nSPS) is 21.3. The molecule has 1 aliphatic heterocycles. The fourth-order valence-corrected chi connectivity index (χ4v) is 3.97. The summed E-state index contributed by atoms with van der Waals surface area (Å²) in [5.74, 6) is 0. The molecule has 0 amide bonds. The summed E-state index contributed by atoms with van der Waals surface area (Å²) >= 11 is 0. The second-order valence-electron chi connectivity index (χ2n) is 4.92. The van der Waals surface area contributed by atoms with E-state index in [0.717, 1.165) is 24.8 Å². The van der Waals surface area contributed by atoms with E-state index in [1.165, 1.54) is 0 Å². The molecule has 0 saturated carbocycles. The van der Waals surface area contributed by atoms with Gasteiger partial charge in [-0.2, -0.15) is 12.7 Å². The minimum Gasteiger partial charge on any atom is -0.326 e. The van der Waals surface area contributed by atoms with Crippen molar-refractivity contribution < 1.29 is 8.42 Å². The number of nitrogens with zero attached hydrogens (tertiary/aromatic N) is 1. The van der Waals surface area contributed by atoms with E-state index in [4.69, 9.17) is 5.73 Å². The summed E-state index contributed by atoms with van der Waals surface area (Å²) in [6, 6.07) is 7.28. The van der Waals surface area contributed by atoms with Crippen molar-refractivity contribution in [2.45, 2.75) is 38.8 Å². The molecule has 1 aliphatic rings. The van der Waals surface area contributed by atoms with Crippen molar-refractivity contribution >= 4 is 15.9 Å². The van der Waals surface area contributed by atoms with Crippen LogP contribution in [0.4, 0.5) is 5.69 Å². The summed E-state index contributed by atoms with van der Waals surface area (Å²) < 4.78 is 29.0. The zero-order valence-corrected chi connectivity index (χ0v) is 12.0. The van der Waals surface area contributed by atoms with E-state index in [9.17, 15) is 8.42 Å². The molecule has 1 unspecified atom stereocenters. The van der Waals surface area contributed by atoms with Crippen LogP contribution >= 0.6 is 0 Å². The Kier molecular flexibility index (Phi) is 4.44. The topological polar surface area (TPSA) is 75.4 Å². The van der Waals surface area contributed by atoms with Gasteiger partial charge < -0.3 is 5.73 Å². The highest BCUT2D eigenvalue weighted by molar-refractivity contribution is 7.90. The third kappa shape index (κ3) is 3.26. The molecule has 0 spiro atoms. The Morgan fingerprint density at radius 2 is 2.11 bits per heavy atom. The second-order valence-corrected chi connectivity index (χ2v) is 6.55. The van der Waals surface area contributed by atoms with Gasteiger partial charge in [0.15, 0.2) is 0 Å². The molecule has 5 nitrogen and oxygen atoms in total. The van der Waals surface area contributed by atoms with Gasteiger partial charge in [-0.25, -0.2) is 0 Å². The van der Waals surface area contributed by atoms with Gasteiger partial charge in [0.25, 0.3) is 0 Å². The summed E-state index contributed by atoms with van der Waals surface area (Å²) in [6.45, 7) is 2.85. The summed E-state index contributed by atoms with van der Waals surface area (Å²) in [6.07, 6.45) is 2.93. The van der Waals surface area contributed by atoms with Crippen LogP contribution in [-0.4, -0.2) is 25.3 Å². The molecule has 1 heterocycles. The standard InChI is InChI=1S/C13H21N3O2S/c1-11-6-4-5-9-16(11)19(17,18)15-13-8-3-2-7-12(13)10-14/h2-3,7-8,11,15H,4-6,9-10,14H2,1H3. The zero-order valence-electron chi connectivity index (χ0n) is 11.2. The molecule has 0 aliphatic carbocycles. The van der Waals surface area contributed by atoms with Gasteiger partial charge in [-0.05, 0) is 31.4 Å². The van der Waals surface area contributed by atoms with E-state index in [-0.39, 0.29) is 6.04 Å². The Morgan fingerprint density at radius 1 is 1.37 bits per heavy atom. The SMILES string of the molecule is CC1CCCCN1S(=O)(=O)Nc1ccccc1CN. The Bertz CT molecular complexity index is 530. The first-order chi connectivity index (χ1) is 9.04. The Balaban J connectivity index is 2.21. The molecule has 3 N–H and O–H groups in total. The van der Waals surface area contributed by atoms with Gasteiger partial charge in [0.05, 0.1) is 5.69 Å². The van der Waals surface area contributed by atoms with Gasteiger partial charge in [-0.3, -0.25) is 4.72 Å². The third-order valence-electron chi connectivity index (χ3n) is 3.53. The van der Waals surface area contributed by atoms with E-state index in [0.29, 0.717) is 18.8 Å². The number of piperidine rings is 1. The number of para-hydroxylation sites is 1. The number of rotatable bonds is 4. The summed E-state index contributed by atoms with van der Waals surface area (Å²) in [5.41, 5.74) is 7.00. The highest BCUT2D eigenvalue weighted by Crippen LogP contribution is 2.23. The predicted molar refractivity (Wildman–Crippen MR) is 76.9 cm³/mol. The lowest BCUT2D eigenvalue weighted by Gasteiger charge is -2.32. The molecule has 0 bridgehead atoms. The highest BCUT2D eigenvalue weighted by Gasteiger charge is 2.29. The predicted octanol–water partition coefficient (Wildman–Crippen LogP) is 1.68. The number of hydrogen-bond donors (Lipinski definition) is 2. The molecule has 1 aromatic rings. The zero-order chi connectivity index (χ0) is 13.9. The van der Waals surface area contributed by atoms with Crippen LogP contribution in [0.5, 0.6) is 0 Å². The first-order valence-electron chi connectivity index (χ1n) is 6.62. The molecular weight excluding hydrogens is 262 g/mol. The van der Waals surface area contributed by atoms with Gasteiger partial charge in [-0.1, -0.05) is 24.6 Å². The molecule has 6 heteroatoms. The van der Waals surface area contributed by atoms with Crippen LogP contribution in [0.25, 0.3) is 0 Å². The molecular formula is C13H21N3O2S. The molecule has 1 atom stereocenters. The van der Waals surface area contributed by atoms with Crippen LogP contribution < -0.4 is 10.5 Å². The lowest BCUT2D eigenvalue weighted by molar-refractivity contribution is 0.270. The summed E-state index contributed by atoms with van der Waals surface area (Å²) in [5, 5.41) is 0. The molecule has 0 aromatic heterocycles. The van der Waals surface area contributed by atoms with Crippen molar-refractivity contribution in [2.75, 3.05) is 11.3 Å². The maximum absolute atomic E-state index is 12.4. The second kappa shape index (κ2) is 5.90. The molecule has 19 heavy (non-hydrogen) atoms. The summed E-state index contributed by atoms with van der Waals surface area (Å²) in [4.78, 5) is 0. The lowest BCUT2D eigenvalue weighted by Crippen LogP contribution is -2.44. The Hall–Kier alpha value is -1.11. The van der Waals surface area contributed by atoms with Crippen LogP contribution in [0, 0.1) is 0 Å². The molecule has 2 rings (SSSR count). The number of nitrogens with one attached hydrogen (secondary N) is 1. The number of hydrogen-bond acceptors (Lipinski definition) is 3.